The van der Waals surface area contributed by atoms with E-state index in [2.05, 4.69) is 12.1 Å². The Kier molecular flexibility index (Phi) is 9.66. The number of Topliss-reactive ketones (excluding diaryl/α,β-unsaturated/α-hetero) is 2. The number of ketones is 2. The van der Waals surface area contributed by atoms with Gasteiger partial charge in [0.15, 0.2) is 0 Å². The molecular formula is C40H31BiO5. The second kappa shape index (κ2) is 14.4. The summed E-state index contributed by atoms with van der Waals surface area (Å²) in [5, 5.41) is 0. The Balaban J connectivity index is 1.45. The van der Waals surface area contributed by atoms with Crippen LogP contribution in [0.4, 0.5) is 0 Å². The number of carbonyl (C=O) groups is 2. The van der Waals surface area contributed by atoms with Gasteiger partial charge in [0, 0.05) is 0 Å². The zero-order valence-electron chi connectivity index (χ0n) is 25.4. The number of para-hydroxylation sites is 3. The molecule has 0 radical (unpaired) electrons. The number of rotatable bonds is 11. The van der Waals surface area contributed by atoms with Crippen molar-refractivity contribution in [3.63, 3.8) is 0 Å². The van der Waals surface area contributed by atoms with Crippen molar-refractivity contribution in [3.8, 4) is 34.5 Å². The standard InChI is InChI=1S/2C14H11O2.C12H9O.Bi/c2*1-11(15)12-6-5-9-14(10-12)16-13-7-3-2-4-8-13;1-3-7-11(8-4-1)13-12-9-5-2-6-10-12;/h2*2-5,7-10H,1H3;1,3-10H;. The molecule has 0 aromatic heterocycles. The van der Waals surface area contributed by atoms with Gasteiger partial charge in [-0.2, -0.15) is 0 Å². The number of hydrogen-bond acceptors (Lipinski definition) is 5. The van der Waals surface area contributed by atoms with Gasteiger partial charge in [0.05, 0.1) is 0 Å². The van der Waals surface area contributed by atoms with Crippen LogP contribution in [-0.4, -0.2) is 33.3 Å². The van der Waals surface area contributed by atoms with E-state index in [-0.39, 0.29) is 11.6 Å². The first-order valence-electron chi connectivity index (χ1n) is 14.8. The molecule has 0 bridgehead atoms. The molecule has 0 amide bonds. The molecule has 0 saturated heterocycles. The fourth-order valence-corrected chi connectivity index (χ4v) is 15.3. The minimum atomic E-state index is -3.34. The van der Waals surface area contributed by atoms with E-state index in [0.717, 1.165) is 15.6 Å². The van der Waals surface area contributed by atoms with Gasteiger partial charge >= 0.3 is 278 Å². The fourth-order valence-electron chi connectivity index (χ4n) is 5.06. The molecule has 6 aromatic rings. The van der Waals surface area contributed by atoms with Gasteiger partial charge in [-0.05, 0) is 0 Å². The van der Waals surface area contributed by atoms with E-state index in [1.54, 1.807) is 13.8 Å². The van der Waals surface area contributed by atoms with Crippen molar-refractivity contribution in [3.05, 3.63) is 163 Å². The van der Waals surface area contributed by atoms with Gasteiger partial charge in [0.2, 0.25) is 0 Å². The van der Waals surface area contributed by atoms with E-state index in [4.69, 9.17) is 14.2 Å². The SMILES string of the molecule is CC(=O)c1cc(Oc2ccccc2)cc[c]1[Bi]([c]1ccc(Oc2ccccc2)cc1)[c]1ccc(Oc2ccccc2)cc1C(C)=O. The van der Waals surface area contributed by atoms with Crippen molar-refractivity contribution in [2.24, 2.45) is 0 Å². The molecule has 6 aromatic carbocycles. The van der Waals surface area contributed by atoms with Gasteiger partial charge in [-0.3, -0.25) is 0 Å². The van der Waals surface area contributed by atoms with Crippen LogP contribution >= 0.6 is 0 Å². The van der Waals surface area contributed by atoms with E-state index >= 15 is 0 Å². The maximum atomic E-state index is 13.2. The van der Waals surface area contributed by atoms with E-state index in [9.17, 15) is 9.59 Å². The Morgan fingerprint density at radius 2 is 0.739 bits per heavy atom. The van der Waals surface area contributed by atoms with Crippen molar-refractivity contribution in [1.82, 2.24) is 0 Å². The van der Waals surface area contributed by atoms with Gasteiger partial charge < -0.3 is 0 Å². The molecule has 0 N–H and O–H groups in total. The van der Waals surface area contributed by atoms with Crippen LogP contribution in [0.3, 0.4) is 0 Å². The predicted octanol–water partition coefficient (Wildman–Crippen LogP) is 7.98. The summed E-state index contributed by atoms with van der Waals surface area (Å²) in [4.78, 5) is 26.5. The zero-order valence-corrected chi connectivity index (χ0v) is 28.9. The Bertz CT molecular complexity index is 1850. The Morgan fingerprint density at radius 3 is 1.11 bits per heavy atom. The van der Waals surface area contributed by atoms with Crippen molar-refractivity contribution in [2.75, 3.05) is 0 Å². The second-order valence-corrected chi connectivity index (χ2v) is 18.9. The number of ether oxygens (including phenoxy) is 3. The van der Waals surface area contributed by atoms with Crippen LogP contribution in [-0.2, 0) is 0 Å². The van der Waals surface area contributed by atoms with E-state index in [0.29, 0.717) is 39.9 Å². The second-order valence-electron chi connectivity index (χ2n) is 10.5. The molecule has 5 nitrogen and oxygen atoms in total. The molecular weight excluding hydrogens is 769 g/mol. The van der Waals surface area contributed by atoms with Crippen LogP contribution in [0, 0.1) is 0 Å². The van der Waals surface area contributed by atoms with Crippen molar-refractivity contribution in [2.45, 2.75) is 13.8 Å². The third-order valence-corrected chi connectivity index (χ3v) is 17.2. The zero-order chi connectivity index (χ0) is 31.9. The number of carbonyl (C=O) groups excluding carboxylic acids is 2. The summed E-state index contributed by atoms with van der Waals surface area (Å²) >= 11 is -3.34. The summed E-state index contributed by atoms with van der Waals surface area (Å²) in [5.41, 5.74) is 1.19. The van der Waals surface area contributed by atoms with Gasteiger partial charge in [-0.15, -0.1) is 0 Å². The van der Waals surface area contributed by atoms with E-state index in [1.807, 2.05) is 140 Å². The normalized spacial score (nSPS) is 10.8. The molecule has 6 heteroatoms. The van der Waals surface area contributed by atoms with Crippen LogP contribution in [0.1, 0.15) is 34.6 Å². The molecule has 0 aliphatic heterocycles. The number of hydrogen-bond donors (Lipinski definition) is 0. The first-order valence-corrected chi connectivity index (χ1v) is 20.0. The Labute approximate surface area is 276 Å². The maximum absolute atomic E-state index is 13.2. The minimum absolute atomic E-state index is 0.0639. The van der Waals surface area contributed by atoms with Gasteiger partial charge in [0.1, 0.15) is 0 Å². The Morgan fingerprint density at radius 1 is 0.413 bits per heavy atom. The molecule has 226 valence electrons. The van der Waals surface area contributed by atoms with E-state index < -0.39 is 21.8 Å². The molecule has 0 saturated carbocycles. The molecule has 0 atom stereocenters. The van der Waals surface area contributed by atoms with Gasteiger partial charge in [-0.25, -0.2) is 0 Å². The van der Waals surface area contributed by atoms with Crippen molar-refractivity contribution in [1.29, 1.82) is 0 Å². The molecule has 0 aliphatic carbocycles. The molecule has 0 heterocycles. The quantitative estimate of drug-likeness (QED) is 0.0984. The average Bonchev–Trinajstić information content (AvgIpc) is 3.08. The third-order valence-electron chi connectivity index (χ3n) is 7.21. The summed E-state index contributed by atoms with van der Waals surface area (Å²) in [7, 11) is 0. The van der Waals surface area contributed by atoms with Gasteiger partial charge in [-0.1, -0.05) is 0 Å². The molecule has 46 heavy (non-hydrogen) atoms. The van der Waals surface area contributed by atoms with Crippen LogP contribution in [0.2, 0.25) is 0 Å². The summed E-state index contributed by atoms with van der Waals surface area (Å²) < 4.78 is 21.3. The van der Waals surface area contributed by atoms with E-state index in [1.165, 1.54) is 0 Å². The van der Waals surface area contributed by atoms with Crippen molar-refractivity contribution < 1.29 is 23.8 Å². The molecule has 0 fully saturated rings. The Hall–Kier alpha value is -5.06. The predicted molar refractivity (Wildman–Crippen MR) is 184 cm³/mol. The summed E-state index contributed by atoms with van der Waals surface area (Å²) in [6.45, 7) is 3.15. The number of benzene rings is 6. The van der Waals surface area contributed by atoms with Crippen LogP contribution < -0.4 is 24.0 Å². The molecule has 0 spiro atoms. The first kappa shape index (κ1) is 30.9. The fraction of sp³-hybridized carbons (Fsp3) is 0.0500. The van der Waals surface area contributed by atoms with Crippen LogP contribution in [0.15, 0.2) is 152 Å². The van der Waals surface area contributed by atoms with Crippen molar-refractivity contribution >= 4 is 43.1 Å². The molecule has 0 unspecified atom stereocenters. The van der Waals surface area contributed by atoms with Crippen LogP contribution in [0.25, 0.3) is 0 Å². The monoisotopic (exact) mass is 800 g/mol. The third kappa shape index (κ3) is 7.42. The summed E-state index contributed by atoms with van der Waals surface area (Å²) in [6.07, 6.45) is 0. The topological polar surface area (TPSA) is 61.8 Å². The van der Waals surface area contributed by atoms with Crippen LogP contribution in [0.5, 0.6) is 34.5 Å². The first-order chi connectivity index (χ1) is 22.4. The van der Waals surface area contributed by atoms with Gasteiger partial charge in [0.25, 0.3) is 0 Å². The average molecular weight is 801 g/mol. The molecule has 6 rings (SSSR count). The molecule has 0 aliphatic rings. The summed E-state index contributed by atoms with van der Waals surface area (Å²) in [6, 6.07) is 48.1. The summed E-state index contributed by atoms with van der Waals surface area (Å²) in [5.74, 6) is 3.85.